The van der Waals surface area contributed by atoms with Crippen molar-refractivity contribution >= 4 is 5.69 Å². The minimum absolute atomic E-state index is 0.222. The monoisotopic (exact) mass is 271 g/mol. The van der Waals surface area contributed by atoms with Gasteiger partial charge in [-0.1, -0.05) is 18.2 Å². The molecule has 1 atom stereocenters. The summed E-state index contributed by atoms with van der Waals surface area (Å²) in [6, 6.07) is 9.58. The Balaban J connectivity index is 1.81. The molecule has 0 radical (unpaired) electrons. The van der Waals surface area contributed by atoms with Crippen LogP contribution in [-0.4, -0.2) is 16.4 Å². The van der Waals surface area contributed by atoms with Gasteiger partial charge in [0, 0.05) is 30.5 Å². The van der Waals surface area contributed by atoms with Gasteiger partial charge in [-0.05, 0) is 37.1 Å². The summed E-state index contributed by atoms with van der Waals surface area (Å²) in [5, 5.41) is 0. The quantitative estimate of drug-likeness (QED) is 0.872. The second-order valence-corrected chi connectivity index (χ2v) is 5.24. The fourth-order valence-corrected chi connectivity index (χ4v) is 2.91. The zero-order valence-corrected chi connectivity index (χ0v) is 11.3. The van der Waals surface area contributed by atoms with Gasteiger partial charge in [-0.2, -0.15) is 0 Å². The Labute approximate surface area is 118 Å². The van der Waals surface area contributed by atoms with Gasteiger partial charge < -0.3 is 5.73 Å². The van der Waals surface area contributed by atoms with E-state index in [0.29, 0.717) is 18.2 Å². The maximum Gasteiger partial charge on any atom is 0.150 e. The number of nitrogen functional groups attached to an aromatic ring is 1. The number of hydrogen-bond acceptors (Lipinski definition) is 3. The molecule has 20 heavy (non-hydrogen) atoms. The molecule has 1 unspecified atom stereocenters. The number of nitrogens with two attached hydrogens (primary N) is 1. The third-order valence-electron chi connectivity index (χ3n) is 3.91. The van der Waals surface area contributed by atoms with Crippen molar-refractivity contribution in [2.75, 3.05) is 12.3 Å². The maximum absolute atomic E-state index is 14.0. The summed E-state index contributed by atoms with van der Waals surface area (Å²) < 4.78 is 14.0. The summed E-state index contributed by atoms with van der Waals surface area (Å²) in [7, 11) is 0. The van der Waals surface area contributed by atoms with E-state index >= 15 is 0 Å². The molecule has 1 aromatic carbocycles. The number of benzene rings is 1. The van der Waals surface area contributed by atoms with Gasteiger partial charge in [0.1, 0.15) is 0 Å². The van der Waals surface area contributed by atoms with Crippen LogP contribution in [0, 0.1) is 5.82 Å². The van der Waals surface area contributed by atoms with E-state index in [4.69, 9.17) is 5.73 Å². The third kappa shape index (κ3) is 2.51. The molecule has 104 valence electrons. The molecule has 1 aliphatic heterocycles. The van der Waals surface area contributed by atoms with Gasteiger partial charge in [-0.15, -0.1) is 0 Å². The number of halogens is 1. The highest BCUT2D eigenvalue weighted by molar-refractivity contribution is 5.42. The maximum atomic E-state index is 14.0. The number of anilines is 1. The van der Waals surface area contributed by atoms with Crippen LogP contribution in [0.15, 0.2) is 42.7 Å². The molecule has 0 aliphatic carbocycles. The highest BCUT2D eigenvalue weighted by atomic mass is 19.1. The van der Waals surface area contributed by atoms with Crippen LogP contribution in [0.3, 0.4) is 0 Å². The molecule has 1 fully saturated rings. The average molecular weight is 271 g/mol. The molecule has 0 spiro atoms. The summed E-state index contributed by atoms with van der Waals surface area (Å²) in [5.74, 6) is -0.288. The molecular formula is C16H18FN3. The number of pyridine rings is 1. The minimum atomic E-state index is -0.288. The molecule has 3 nitrogen and oxygen atoms in total. The van der Waals surface area contributed by atoms with Gasteiger partial charge >= 0.3 is 0 Å². The second-order valence-electron chi connectivity index (χ2n) is 5.24. The van der Waals surface area contributed by atoms with Gasteiger partial charge in [-0.3, -0.25) is 9.88 Å². The van der Waals surface area contributed by atoms with Crippen LogP contribution >= 0.6 is 0 Å². The Kier molecular flexibility index (Phi) is 3.65. The predicted octanol–water partition coefficient (Wildman–Crippen LogP) is 3.14. The van der Waals surface area contributed by atoms with Crippen molar-refractivity contribution in [1.82, 2.24) is 9.88 Å². The molecule has 1 saturated heterocycles. The molecule has 2 aromatic rings. The van der Waals surface area contributed by atoms with Crippen LogP contribution in [0.5, 0.6) is 0 Å². The summed E-state index contributed by atoms with van der Waals surface area (Å²) in [4.78, 5) is 6.48. The Morgan fingerprint density at radius 1 is 1.30 bits per heavy atom. The van der Waals surface area contributed by atoms with E-state index in [0.717, 1.165) is 19.4 Å². The van der Waals surface area contributed by atoms with Gasteiger partial charge in [0.25, 0.3) is 0 Å². The smallest absolute Gasteiger partial charge is 0.150 e. The summed E-state index contributed by atoms with van der Waals surface area (Å²) in [6.07, 6.45) is 5.90. The normalized spacial score (nSPS) is 19.4. The topological polar surface area (TPSA) is 42.1 Å². The zero-order valence-electron chi connectivity index (χ0n) is 11.3. The third-order valence-corrected chi connectivity index (χ3v) is 3.91. The van der Waals surface area contributed by atoms with E-state index in [2.05, 4.69) is 16.0 Å². The molecule has 3 rings (SSSR count). The molecular weight excluding hydrogens is 253 g/mol. The van der Waals surface area contributed by atoms with Gasteiger partial charge in [-0.25, -0.2) is 4.39 Å². The highest BCUT2D eigenvalue weighted by Gasteiger charge is 2.26. The first kappa shape index (κ1) is 13.1. The average Bonchev–Trinajstić information content (AvgIpc) is 2.93. The molecule has 2 N–H and O–H groups in total. The van der Waals surface area contributed by atoms with Crippen LogP contribution in [0.4, 0.5) is 10.1 Å². The number of aromatic nitrogens is 1. The van der Waals surface area contributed by atoms with Crippen LogP contribution < -0.4 is 5.73 Å². The fourth-order valence-electron chi connectivity index (χ4n) is 2.91. The van der Waals surface area contributed by atoms with E-state index in [1.807, 2.05) is 24.4 Å². The van der Waals surface area contributed by atoms with Crippen molar-refractivity contribution in [2.45, 2.75) is 25.4 Å². The molecule has 1 aliphatic rings. The first-order valence-electron chi connectivity index (χ1n) is 6.92. The molecule has 0 saturated carbocycles. The standard InChI is InChI=1S/C16H18FN3/c17-16-13(4-1-6-14(16)18)11-20-9-3-7-15(20)12-5-2-8-19-10-12/h1-2,4-6,8,10,15H,3,7,9,11,18H2. The van der Waals surface area contributed by atoms with E-state index in [1.165, 1.54) is 5.56 Å². The van der Waals surface area contributed by atoms with Crippen molar-refractivity contribution in [3.05, 3.63) is 59.7 Å². The van der Waals surface area contributed by atoms with E-state index in [9.17, 15) is 4.39 Å². The molecule has 0 bridgehead atoms. The van der Waals surface area contributed by atoms with E-state index in [1.54, 1.807) is 12.3 Å². The Morgan fingerprint density at radius 2 is 2.20 bits per heavy atom. The number of likely N-dealkylation sites (tertiary alicyclic amines) is 1. The predicted molar refractivity (Wildman–Crippen MR) is 77.4 cm³/mol. The van der Waals surface area contributed by atoms with Gasteiger partial charge in [0.2, 0.25) is 0 Å². The number of nitrogens with zero attached hydrogens (tertiary/aromatic N) is 2. The summed E-state index contributed by atoms with van der Waals surface area (Å²) >= 11 is 0. The molecule has 2 heterocycles. The molecule has 0 amide bonds. The summed E-state index contributed by atoms with van der Waals surface area (Å²) in [6.45, 7) is 1.57. The lowest BCUT2D eigenvalue weighted by Gasteiger charge is -2.25. The lowest BCUT2D eigenvalue weighted by molar-refractivity contribution is 0.245. The SMILES string of the molecule is Nc1cccc(CN2CCCC2c2cccnc2)c1F. The number of rotatable bonds is 3. The zero-order chi connectivity index (χ0) is 13.9. The van der Waals surface area contributed by atoms with Crippen LogP contribution in [0.25, 0.3) is 0 Å². The summed E-state index contributed by atoms with van der Waals surface area (Å²) in [5.41, 5.74) is 7.73. The van der Waals surface area contributed by atoms with Crippen molar-refractivity contribution < 1.29 is 4.39 Å². The highest BCUT2D eigenvalue weighted by Crippen LogP contribution is 2.33. The van der Waals surface area contributed by atoms with Crippen LogP contribution in [0.2, 0.25) is 0 Å². The van der Waals surface area contributed by atoms with Crippen molar-refractivity contribution in [3.63, 3.8) is 0 Å². The Bertz CT molecular complexity index is 586. The van der Waals surface area contributed by atoms with E-state index in [-0.39, 0.29) is 11.5 Å². The number of hydrogen-bond donors (Lipinski definition) is 1. The van der Waals surface area contributed by atoms with Crippen molar-refractivity contribution in [2.24, 2.45) is 0 Å². The van der Waals surface area contributed by atoms with Crippen LogP contribution in [0.1, 0.15) is 30.0 Å². The van der Waals surface area contributed by atoms with E-state index < -0.39 is 0 Å². The van der Waals surface area contributed by atoms with Gasteiger partial charge in [0.05, 0.1) is 5.69 Å². The fraction of sp³-hybridized carbons (Fsp3) is 0.312. The lowest BCUT2D eigenvalue weighted by Crippen LogP contribution is -2.23. The first-order valence-corrected chi connectivity index (χ1v) is 6.92. The molecule has 1 aromatic heterocycles. The largest absolute Gasteiger partial charge is 0.396 e. The minimum Gasteiger partial charge on any atom is -0.396 e. The Hall–Kier alpha value is -1.94. The van der Waals surface area contributed by atoms with Crippen molar-refractivity contribution in [1.29, 1.82) is 0 Å². The van der Waals surface area contributed by atoms with Crippen molar-refractivity contribution in [3.8, 4) is 0 Å². The second kappa shape index (κ2) is 5.59. The van der Waals surface area contributed by atoms with Crippen LogP contribution in [-0.2, 0) is 6.54 Å². The molecule has 4 heteroatoms. The lowest BCUT2D eigenvalue weighted by atomic mass is 10.1. The first-order chi connectivity index (χ1) is 9.75. The Morgan fingerprint density at radius 3 is 3.00 bits per heavy atom. The van der Waals surface area contributed by atoms with Gasteiger partial charge in [0.15, 0.2) is 5.82 Å².